The quantitative estimate of drug-likeness (QED) is 0.583. The Labute approximate surface area is 188 Å². The van der Waals surface area contributed by atoms with Crippen molar-refractivity contribution >= 4 is 33.6 Å². The highest BCUT2D eigenvalue weighted by atomic mass is 79.9. The van der Waals surface area contributed by atoms with Crippen LogP contribution in [0, 0.1) is 23.3 Å². The van der Waals surface area contributed by atoms with Crippen molar-refractivity contribution in [1.82, 2.24) is 4.90 Å². The molecule has 2 N–H and O–H groups in total. The fraction of sp³-hybridized carbons (Fsp3) is 0.200. The molecule has 1 heterocycles. The molecule has 12 heteroatoms. The molecule has 170 valence electrons. The number of amides is 2. The van der Waals surface area contributed by atoms with Crippen molar-refractivity contribution in [1.29, 1.82) is 0 Å². The van der Waals surface area contributed by atoms with Gasteiger partial charge in [0.1, 0.15) is 46.2 Å². The van der Waals surface area contributed by atoms with Gasteiger partial charge in [0.2, 0.25) is 5.88 Å². The van der Waals surface area contributed by atoms with Crippen molar-refractivity contribution < 1.29 is 36.6 Å². The Hall–Kier alpha value is -3.28. The normalized spacial score (nSPS) is 16.4. The second-order valence-corrected chi connectivity index (χ2v) is 7.38. The topological polar surface area (TPSA) is 85.1 Å². The van der Waals surface area contributed by atoms with Crippen molar-refractivity contribution in [3.8, 4) is 0 Å². The SMILES string of the molecule is CC1N(COC(N)=O)C(OCc2ccc(F)cc2F)=C(Br)C(=O)N1c1c(F)cccc1F. The third kappa shape index (κ3) is 4.64. The van der Waals surface area contributed by atoms with E-state index in [1.807, 2.05) is 0 Å². The molecule has 0 saturated heterocycles. The van der Waals surface area contributed by atoms with Gasteiger partial charge >= 0.3 is 6.09 Å². The van der Waals surface area contributed by atoms with Crippen LogP contribution in [0.15, 0.2) is 46.8 Å². The van der Waals surface area contributed by atoms with Crippen LogP contribution < -0.4 is 10.6 Å². The molecular formula is C20H16BrF4N3O4. The first-order chi connectivity index (χ1) is 15.1. The fourth-order valence-electron chi connectivity index (χ4n) is 3.04. The number of nitrogens with two attached hydrogens (primary N) is 1. The molecule has 1 aliphatic rings. The van der Waals surface area contributed by atoms with Crippen LogP contribution in [0.2, 0.25) is 0 Å². The Kier molecular flexibility index (Phi) is 6.92. The highest BCUT2D eigenvalue weighted by molar-refractivity contribution is 9.12. The highest BCUT2D eigenvalue weighted by Gasteiger charge is 2.41. The van der Waals surface area contributed by atoms with Crippen LogP contribution in [-0.4, -0.2) is 29.8 Å². The number of hydrogen-bond donors (Lipinski definition) is 1. The van der Waals surface area contributed by atoms with Crippen LogP contribution in [0.1, 0.15) is 12.5 Å². The van der Waals surface area contributed by atoms with Crippen molar-refractivity contribution in [3.63, 3.8) is 0 Å². The van der Waals surface area contributed by atoms with Gasteiger partial charge < -0.3 is 15.2 Å². The van der Waals surface area contributed by atoms with E-state index in [9.17, 15) is 27.2 Å². The first-order valence-corrected chi connectivity index (χ1v) is 9.84. The molecule has 3 rings (SSSR count). The van der Waals surface area contributed by atoms with E-state index in [0.29, 0.717) is 6.07 Å². The zero-order valence-electron chi connectivity index (χ0n) is 16.5. The van der Waals surface area contributed by atoms with E-state index < -0.39 is 60.5 Å². The zero-order chi connectivity index (χ0) is 23.6. The Morgan fingerprint density at radius 1 is 1.12 bits per heavy atom. The number of nitrogens with zero attached hydrogens (tertiary/aromatic N) is 2. The number of primary amides is 1. The molecule has 32 heavy (non-hydrogen) atoms. The lowest BCUT2D eigenvalue weighted by molar-refractivity contribution is -0.118. The predicted octanol–water partition coefficient (Wildman–Crippen LogP) is 4.07. The molecule has 0 fully saturated rings. The molecule has 0 spiro atoms. The smallest absolute Gasteiger partial charge is 0.406 e. The second-order valence-electron chi connectivity index (χ2n) is 6.58. The summed E-state index contributed by atoms with van der Waals surface area (Å²) in [5.74, 6) is -4.75. The van der Waals surface area contributed by atoms with Gasteiger partial charge in [-0.2, -0.15) is 0 Å². The minimum atomic E-state index is -1.15. The van der Waals surface area contributed by atoms with Gasteiger partial charge in [0.05, 0.1) is 0 Å². The first-order valence-electron chi connectivity index (χ1n) is 9.04. The number of benzene rings is 2. The summed E-state index contributed by atoms with van der Waals surface area (Å²) >= 11 is 3.04. The summed E-state index contributed by atoms with van der Waals surface area (Å²) in [7, 11) is 0. The molecular weight excluding hydrogens is 502 g/mol. The van der Waals surface area contributed by atoms with Gasteiger partial charge in [-0.3, -0.25) is 14.6 Å². The molecule has 0 aliphatic carbocycles. The van der Waals surface area contributed by atoms with E-state index in [2.05, 4.69) is 15.9 Å². The van der Waals surface area contributed by atoms with Crippen LogP contribution in [0.4, 0.5) is 28.0 Å². The monoisotopic (exact) mass is 517 g/mol. The first kappa shape index (κ1) is 23.4. The molecule has 0 aromatic heterocycles. The molecule has 1 atom stereocenters. The molecule has 1 aliphatic heterocycles. The summed E-state index contributed by atoms with van der Waals surface area (Å²) in [4.78, 5) is 26.1. The number of anilines is 1. The van der Waals surface area contributed by atoms with E-state index in [1.54, 1.807) is 0 Å². The number of halogens is 5. The highest BCUT2D eigenvalue weighted by Crippen LogP contribution is 2.36. The number of para-hydroxylation sites is 1. The average molecular weight is 518 g/mol. The number of hydrogen-bond acceptors (Lipinski definition) is 5. The maximum atomic E-state index is 14.4. The Balaban J connectivity index is 2.00. The third-order valence-electron chi connectivity index (χ3n) is 4.58. The van der Waals surface area contributed by atoms with Crippen molar-refractivity contribution in [3.05, 3.63) is 75.6 Å². The van der Waals surface area contributed by atoms with Gasteiger partial charge in [-0.05, 0) is 47.1 Å². The lowest BCUT2D eigenvalue weighted by Gasteiger charge is -2.42. The summed E-state index contributed by atoms with van der Waals surface area (Å²) in [6.45, 7) is 0.403. The van der Waals surface area contributed by atoms with Crippen LogP contribution in [0.3, 0.4) is 0 Å². The molecule has 1 unspecified atom stereocenters. The van der Waals surface area contributed by atoms with Gasteiger partial charge in [0.15, 0.2) is 6.73 Å². The Bertz CT molecular complexity index is 1080. The van der Waals surface area contributed by atoms with E-state index in [-0.39, 0.29) is 15.9 Å². The molecule has 0 radical (unpaired) electrons. The maximum absolute atomic E-state index is 14.4. The second kappa shape index (κ2) is 9.47. The lowest BCUT2D eigenvalue weighted by atomic mass is 10.2. The molecule has 2 aromatic carbocycles. The minimum Gasteiger partial charge on any atom is -0.473 e. The summed E-state index contributed by atoms with van der Waals surface area (Å²) in [6, 6.07) is 5.92. The average Bonchev–Trinajstić information content (AvgIpc) is 2.72. The van der Waals surface area contributed by atoms with Crippen LogP contribution >= 0.6 is 15.9 Å². The van der Waals surface area contributed by atoms with Crippen molar-refractivity contribution in [2.24, 2.45) is 5.73 Å². The lowest BCUT2D eigenvalue weighted by Crippen LogP contribution is -2.55. The maximum Gasteiger partial charge on any atom is 0.406 e. The van der Waals surface area contributed by atoms with Gasteiger partial charge in [-0.25, -0.2) is 22.4 Å². The zero-order valence-corrected chi connectivity index (χ0v) is 18.0. The number of carbonyl (C=O) groups is 2. The molecule has 2 amide bonds. The molecule has 0 saturated carbocycles. The van der Waals surface area contributed by atoms with Crippen molar-refractivity contribution in [2.45, 2.75) is 19.7 Å². The fourth-order valence-corrected chi connectivity index (χ4v) is 3.57. The van der Waals surface area contributed by atoms with E-state index in [4.69, 9.17) is 15.2 Å². The largest absolute Gasteiger partial charge is 0.473 e. The predicted molar refractivity (Wildman–Crippen MR) is 108 cm³/mol. The minimum absolute atomic E-state index is 0.0300. The number of rotatable bonds is 6. The van der Waals surface area contributed by atoms with E-state index in [0.717, 1.165) is 35.2 Å². The summed E-state index contributed by atoms with van der Waals surface area (Å²) in [5.41, 5.74) is 4.35. The summed E-state index contributed by atoms with van der Waals surface area (Å²) < 4.78 is 66.0. The van der Waals surface area contributed by atoms with Crippen LogP contribution in [0.25, 0.3) is 0 Å². The molecule has 0 bridgehead atoms. The van der Waals surface area contributed by atoms with E-state index in [1.165, 1.54) is 11.8 Å². The van der Waals surface area contributed by atoms with Gasteiger partial charge in [-0.15, -0.1) is 0 Å². The molecule has 7 nitrogen and oxygen atoms in total. The Morgan fingerprint density at radius 2 is 1.78 bits per heavy atom. The van der Waals surface area contributed by atoms with Gasteiger partial charge in [-0.1, -0.05) is 6.07 Å². The molecule has 2 aromatic rings. The Morgan fingerprint density at radius 3 is 2.38 bits per heavy atom. The summed E-state index contributed by atoms with van der Waals surface area (Å²) in [6.07, 6.45) is -2.28. The number of carbonyl (C=O) groups excluding carboxylic acids is 2. The van der Waals surface area contributed by atoms with Gasteiger partial charge in [0.25, 0.3) is 5.91 Å². The van der Waals surface area contributed by atoms with Crippen LogP contribution in [-0.2, 0) is 20.9 Å². The van der Waals surface area contributed by atoms with Crippen molar-refractivity contribution in [2.75, 3.05) is 11.6 Å². The van der Waals surface area contributed by atoms with Crippen LogP contribution in [0.5, 0.6) is 0 Å². The van der Waals surface area contributed by atoms with Gasteiger partial charge in [0, 0.05) is 11.6 Å². The number of ether oxygens (including phenoxy) is 2. The summed E-state index contributed by atoms with van der Waals surface area (Å²) in [5, 5.41) is 0. The third-order valence-corrected chi connectivity index (χ3v) is 5.26. The standard InChI is InChI=1S/C20H16BrF4N3O4/c1-10-27(9-32-20(26)30)19(31-8-11-5-6-12(22)7-15(11)25)16(21)18(29)28(10)17-13(23)3-2-4-14(17)24/h2-7,10H,8-9H2,1H3,(H2,26,30). The van der Waals surface area contributed by atoms with E-state index >= 15 is 0 Å².